The number of allylic oxidation sites excluding steroid dienone is 1. The molecular formula is C13H13N3O2S. The number of carboxylic acids is 1. The summed E-state index contributed by atoms with van der Waals surface area (Å²) in [5.74, 6) is -0.900. The summed E-state index contributed by atoms with van der Waals surface area (Å²) in [5, 5.41) is 27.8. The zero-order chi connectivity index (χ0) is 14.1. The number of hydrogen-bond acceptors (Lipinski definition) is 5. The first-order valence-corrected chi connectivity index (χ1v) is 6.54. The molecule has 1 aromatic heterocycles. The van der Waals surface area contributed by atoms with Gasteiger partial charge in [0.25, 0.3) is 0 Å². The van der Waals surface area contributed by atoms with E-state index in [2.05, 4.69) is 0 Å². The number of thiophene rings is 1. The van der Waals surface area contributed by atoms with Gasteiger partial charge in [0, 0.05) is 18.8 Å². The Labute approximate surface area is 115 Å². The van der Waals surface area contributed by atoms with E-state index in [1.807, 2.05) is 18.2 Å². The Morgan fingerprint density at radius 2 is 2.32 bits per heavy atom. The fourth-order valence-electron chi connectivity index (χ4n) is 1.63. The van der Waals surface area contributed by atoms with Crippen LogP contribution in [0.4, 0.5) is 0 Å². The van der Waals surface area contributed by atoms with Crippen LogP contribution < -0.4 is 0 Å². The summed E-state index contributed by atoms with van der Waals surface area (Å²) in [6.45, 7) is 0.828. The average Bonchev–Trinajstić information content (AvgIpc) is 2.84. The van der Waals surface area contributed by atoms with E-state index in [1.165, 1.54) is 17.4 Å². The van der Waals surface area contributed by atoms with Gasteiger partial charge < -0.3 is 10.0 Å². The zero-order valence-corrected chi connectivity index (χ0v) is 11.1. The highest BCUT2D eigenvalue weighted by molar-refractivity contribution is 7.12. The quantitative estimate of drug-likeness (QED) is 0.609. The van der Waals surface area contributed by atoms with Gasteiger partial charge in [0.05, 0.1) is 12.1 Å². The minimum absolute atomic E-state index is 0.216. The monoisotopic (exact) mass is 275 g/mol. The first-order valence-electron chi connectivity index (χ1n) is 5.66. The molecule has 0 aliphatic rings. The molecule has 0 amide bonds. The second-order valence-electron chi connectivity index (χ2n) is 3.76. The molecule has 6 heteroatoms. The summed E-state index contributed by atoms with van der Waals surface area (Å²) < 4.78 is 0. The van der Waals surface area contributed by atoms with Crippen LogP contribution in [0.1, 0.15) is 21.7 Å². The van der Waals surface area contributed by atoms with Crippen LogP contribution in [0.25, 0.3) is 0 Å². The van der Waals surface area contributed by atoms with Gasteiger partial charge in [-0.15, -0.1) is 11.3 Å². The highest BCUT2D eigenvalue weighted by atomic mass is 32.1. The number of aryl methyl sites for hydroxylation is 1. The number of hydrogen-bond donors (Lipinski definition) is 1. The van der Waals surface area contributed by atoms with E-state index < -0.39 is 5.97 Å². The lowest BCUT2D eigenvalue weighted by Gasteiger charge is -2.15. The molecule has 0 fully saturated rings. The first kappa shape index (κ1) is 14.7. The molecule has 0 aliphatic heterocycles. The fraction of sp³-hybridized carbons (Fsp3) is 0.308. The standard InChI is InChI=1S/C13H13N3O2S/c14-5-2-8-16(9-6-15)7-1-3-11-4-10-19-12(11)13(17)18/h2,4,8,10H,1,3,7,9H2,(H,17,18). The van der Waals surface area contributed by atoms with E-state index in [9.17, 15) is 4.79 Å². The number of carboxylic acid groups (broad SMARTS) is 1. The predicted octanol–water partition coefficient (Wildman–Crippen LogP) is 2.24. The molecule has 0 radical (unpaired) electrons. The Kier molecular flexibility index (Phi) is 6.14. The van der Waals surface area contributed by atoms with Crippen molar-refractivity contribution in [3.63, 3.8) is 0 Å². The number of aromatic carboxylic acids is 1. The Hall–Kier alpha value is -2.31. The van der Waals surface area contributed by atoms with Crippen LogP contribution in [-0.2, 0) is 6.42 Å². The molecule has 0 atom stereocenters. The van der Waals surface area contributed by atoms with Gasteiger partial charge in [-0.05, 0) is 29.9 Å². The highest BCUT2D eigenvalue weighted by Crippen LogP contribution is 2.18. The van der Waals surface area contributed by atoms with Crippen LogP contribution in [0, 0.1) is 22.7 Å². The molecule has 0 spiro atoms. The third kappa shape index (κ3) is 4.82. The second-order valence-corrected chi connectivity index (χ2v) is 4.67. The van der Waals surface area contributed by atoms with Crippen LogP contribution in [0.3, 0.4) is 0 Å². The smallest absolute Gasteiger partial charge is 0.346 e. The third-order valence-electron chi connectivity index (χ3n) is 2.47. The van der Waals surface area contributed by atoms with Gasteiger partial charge in [-0.2, -0.15) is 10.5 Å². The highest BCUT2D eigenvalue weighted by Gasteiger charge is 2.11. The van der Waals surface area contributed by atoms with Crippen molar-refractivity contribution in [2.45, 2.75) is 12.8 Å². The number of rotatable bonds is 7. The summed E-state index contributed by atoms with van der Waals surface area (Å²) in [4.78, 5) is 13.0. The minimum atomic E-state index is -0.900. The van der Waals surface area contributed by atoms with E-state index in [1.54, 1.807) is 16.5 Å². The molecule has 0 unspecified atom stereocenters. The summed E-state index contributed by atoms with van der Waals surface area (Å²) in [6.07, 6.45) is 4.28. The summed E-state index contributed by atoms with van der Waals surface area (Å²) in [6, 6.07) is 5.71. The van der Waals surface area contributed by atoms with E-state index in [0.717, 1.165) is 12.0 Å². The molecule has 1 heterocycles. The second kappa shape index (κ2) is 7.91. The number of nitriles is 2. The van der Waals surface area contributed by atoms with E-state index in [4.69, 9.17) is 15.6 Å². The predicted molar refractivity (Wildman–Crippen MR) is 71.5 cm³/mol. The SMILES string of the molecule is N#CC=CN(CC#N)CCCc1ccsc1C(=O)O. The van der Waals surface area contributed by atoms with Gasteiger partial charge in [-0.25, -0.2) is 4.79 Å². The summed E-state index contributed by atoms with van der Waals surface area (Å²) >= 11 is 1.22. The molecule has 5 nitrogen and oxygen atoms in total. The van der Waals surface area contributed by atoms with Crippen LogP contribution >= 0.6 is 11.3 Å². The zero-order valence-electron chi connectivity index (χ0n) is 10.2. The van der Waals surface area contributed by atoms with Crippen molar-refractivity contribution in [2.75, 3.05) is 13.1 Å². The molecule has 0 saturated carbocycles. The maximum Gasteiger partial charge on any atom is 0.346 e. The maximum absolute atomic E-state index is 10.9. The molecule has 19 heavy (non-hydrogen) atoms. The maximum atomic E-state index is 10.9. The van der Waals surface area contributed by atoms with E-state index >= 15 is 0 Å². The van der Waals surface area contributed by atoms with Gasteiger partial charge in [0.2, 0.25) is 0 Å². The molecule has 0 aliphatic carbocycles. The van der Waals surface area contributed by atoms with E-state index in [-0.39, 0.29) is 6.54 Å². The normalized spacial score (nSPS) is 10.0. The summed E-state index contributed by atoms with van der Waals surface area (Å²) in [7, 11) is 0. The Morgan fingerprint density at radius 1 is 1.53 bits per heavy atom. The van der Waals surface area contributed by atoms with Crippen molar-refractivity contribution < 1.29 is 9.90 Å². The first-order chi connectivity index (χ1) is 9.19. The topological polar surface area (TPSA) is 88.1 Å². The van der Waals surface area contributed by atoms with Crippen LogP contribution in [0.5, 0.6) is 0 Å². The third-order valence-corrected chi connectivity index (χ3v) is 3.41. The van der Waals surface area contributed by atoms with Gasteiger partial charge in [0.15, 0.2) is 0 Å². The Balaban J connectivity index is 2.50. The number of carbonyl (C=O) groups is 1. The minimum Gasteiger partial charge on any atom is -0.477 e. The molecule has 0 bridgehead atoms. The van der Waals surface area contributed by atoms with Gasteiger partial charge in [-0.1, -0.05) is 0 Å². The van der Waals surface area contributed by atoms with Crippen LogP contribution in [0.15, 0.2) is 23.7 Å². The van der Waals surface area contributed by atoms with Gasteiger partial charge in [-0.3, -0.25) is 0 Å². The van der Waals surface area contributed by atoms with Crippen molar-refractivity contribution in [3.05, 3.63) is 34.2 Å². The van der Waals surface area contributed by atoms with Crippen molar-refractivity contribution in [2.24, 2.45) is 0 Å². The molecule has 1 aromatic rings. The lowest BCUT2D eigenvalue weighted by atomic mass is 10.1. The lowest BCUT2D eigenvalue weighted by Crippen LogP contribution is -2.19. The molecule has 98 valence electrons. The van der Waals surface area contributed by atoms with Crippen LogP contribution in [0.2, 0.25) is 0 Å². The fourth-order valence-corrected chi connectivity index (χ4v) is 2.42. The lowest BCUT2D eigenvalue weighted by molar-refractivity contribution is 0.0701. The Bertz CT molecular complexity index is 537. The largest absolute Gasteiger partial charge is 0.477 e. The van der Waals surface area contributed by atoms with Crippen molar-refractivity contribution in [1.82, 2.24) is 4.90 Å². The molecule has 1 N–H and O–H groups in total. The molecule has 1 rings (SSSR count). The van der Waals surface area contributed by atoms with Crippen molar-refractivity contribution >= 4 is 17.3 Å². The Morgan fingerprint density at radius 3 is 2.95 bits per heavy atom. The number of nitrogens with zero attached hydrogens (tertiary/aromatic N) is 3. The average molecular weight is 275 g/mol. The van der Waals surface area contributed by atoms with Gasteiger partial charge >= 0.3 is 5.97 Å². The molecule has 0 aromatic carbocycles. The molecule has 0 saturated heterocycles. The van der Waals surface area contributed by atoms with Crippen LogP contribution in [-0.4, -0.2) is 29.1 Å². The summed E-state index contributed by atoms with van der Waals surface area (Å²) in [5.41, 5.74) is 0.818. The van der Waals surface area contributed by atoms with Gasteiger partial charge in [0.1, 0.15) is 11.4 Å². The molecular weight excluding hydrogens is 262 g/mol. The van der Waals surface area contributed by atoms with E-state index in [0.29, 0.717) is 17.8 Å². The van der Waals surface area contributed by atoms with Crippen molar-refractivity contribution in [1.29, 1.82) is 10.5 Å². The van der Waals surface area contributed by atoms with Crippen molar-refractivity contribution in [3.8, 4) is 12.1 Å².